The van der Waals surface area contributed by atoms with Gasteiger partial charge in [0.1, 0.15) is 0 Å². The Bertz CT molecular complexity index is 162. The van der Waals surface area contributed by atoms with Gasteiger partial charge in [0.05, 0.1) is 0 Å². The van der Waals surface area contributed by atoms with Gasteiger partial charge in [0, 0.05) is 0 Å². The minimum Gasteiger partial charge on any atom is -0.0683 e. The fourth-order valence-electron chi connectivity index (χ4n) is 2.56. The first-order valence-corrected chi connectivity index (χ1v) is 19.5. The van der Waals surface area contributed by atoms with E-state index in [4.69, 9.17) is 0 Å². The second-order valence-electron chi connectivity index (χ2n) is 9.54. The van der Waals surface area contributed by atoms with Gasteiger partial charge in [-0.3, -0.25) is 0 Å². The van der Waals surface area contributed by atoms with Crippen molar-refractivity contribution in [3.63, 3.8) is 0 Å². The first-order valence-electron chi connectivity index (χ1n) is 19.5. The summed E-state index contributed by atoms with van der Waals surface area (Å²) in [6.45, 7) is 38.7. The summed E-state index contributed by atoms with van der Waals surface area (Å²) in [5.41, 5.74) is 0. The first kappa shape index (κ1) is 63.3. The van der Waals surface area contributed by atoms with Crippen molar-refractivity contribution in [3.8, 4) is 0 Å². The molecule has 0 saturated heterocycles. The van der Waals surface area contributed by atoms with Crippen molar-refractivity contribution in [3.05, 3.63) is 0 Å². The summed E-state index contributed by atoms with van der Waals surface area (Å²) in [7, 11) is 0. The van der Waals surface area contributed by atoms with Crippen LogP contribution in [-0.2, 0) is 0 Å². The van der Waals surface area contributed by atoms with Crippen LogP contribution in [0.3, 0.4) is 0 Å². The number of rotatable bonds is 16. The molecule has 0 aromatic rings. The molecular formula is C40H98. The maximum Gasteiger partial charge on any atom is -0.0533 e. The summed E-state index contributed by atoms with van der Waals surface area (Å²) >= 11 is 0. The lowest BCUT2D eigenvalue weighted by molar-refractivity contribution is 0.656. The maximum absolute atomic E-state index is 2.25. The maximum atomic E-state index is 2.25. The van der Waals surface area contributed by atoms with Gasteiger partial charge in [-0.05, 0) is 0 Å². The third kappa shape index (κ3) is 203. The lowest BCUT2D eigenvalue weighted by atomic mass is 10.2. The van der Waals surface area contributed by atoms with E-state index in [-0.39, 0.29) is 0 Å². The van der Waals surface area contributed by atoms with E-state index < -0.39 is 0 Å². The van der Waals surface area contributed by atoms with Gasteiger partial charge in [-0.25, -0.2) is 0 Å². The topological polar surface area (TPSA) is 0 Å². The van der Waals surface area contributed by atoms with Crippen LogP contribution in [0.15, 0.2) is 0 Å². The van der Waals surface area contributed by atoms with Gasteiger partial charge in [0.25, 0.3) is 0 Å². The molecular weight excluding hydrogens is 480 g/mol. The molecule has 0 unspecified atom stereocenters. The van der Waals surface area contributed by atoms with E-state index in [1.54, 1.807) is 0 Å². The van der Waals surface area contributed by atoms with Gasteiger partial charge in [0.15, 0.2) is 0 Å². The van der Waals surface area contributed by atoms with Crippen LogP contribution >= 0.6 is 0 Å². The molecule has 0 saturated carbocycles. The van der Waals surface area contributed by atoms with E-state index in [0.29, 0.717) is 0 Å². The molecule has 0 radical (unpaired) electrons. The van der Waals surface area contributed by atoms with Crippen LogP contribution in [0.4, 0.5) is 0 Å². The molecule has 0 aromatic heterocycles. The summed E-state index contributed by atoms with van der Waals surface area (Å²) in [6.07, 6.45) is 30.3. The molecule has 0 nitrogen and oxygen atoms in total. The smallest absolute Gasteiger partial charge is 0.0533 e. The summed E-state index contributed by atoms with van der Waals surface area (Å²) in [4.78, 5) is 0. The fraction of sp³-hybridized carbons (Fsp3) is 1.00. The molecule has 258 valence electrons. The zero-order valence-electron chi connectivity index (χ0n) is 33.6. The van der Waals surface area contributed by atoms with Crippen LogP contribution in [0, 0.1) is 0 Å². The van der Waals surface area contributed by atoms with Crippen LogP contribution in [0.25, 0.3) is 0 Å². The normalized spacial score (nSPS) is 7.95. The number of hydrogen-bond acceptors (Lipinski definition) is 0. The van der Waals surface area contributed by atoms with Crippen molar-refractivity contribution in [1.29, 1.82) is 0 Å². The minimum atomic E-state index is 1.32. The SMILES string of the molecule is CC.CC.CC.CCCC.CCCCC.CCCCC.CCCCCC.CCCCCCC.CCCCCCC. The summed E-state index contributed by atoms with van der Waals surface area (Å²) < 4.78 is 0. The van der Waals surface area contributed by atoms with Gasteiger partial charge in [-0.2, -0.15) is 0 Å². The summed E-state index contributed by atoms with van der Waals surface area (Å²) in [5, 5.41) is 0. The van der Waals surface area contributed by atoms with Crippen molar-refractivity contribution in [1.82, 2.24) is 0 Å². The highest BCUT2D eigenvalue weighted by Gasteiger charge is 1.81. The molecule has 0 amide bonds. The van der Waals surface area contributed by atoms with E-state index >= 15 is 0 Å². The van der Waals surface area contributed by atoms with Crippen molar-refractivity contribution < 1.29 is 0 Å². The zero-order chi connectivity index (χ0) is 33.6. The molecule has 0 N–H and O–H groups in total. The second-order valence-corrected chi connectivity index (χ2v) is 9.54. The van der Waals surface area contributed by atoms with Crippen LogP contribution in [0.1, 0.15) is 266 Å². The van der Waals surface area contributed by atoms with E-state index in [1.165, 1.54) is 141 Å². The Kier molecular flexibility index (Phi) is 184. The van der Waals surface area contributed by atoms with Gasteiger partial charge in [0.2, 0.25) is 0 Å². The van der Waals surface area contributed by atoms with Crippen molar-refractivity contribution >= 4 is 0 Å². The molecule has 0 heteroatoms. The Morgan fingerprint density at radius 1 is 0.150 bits per heavy atom. The molecule has 0 bridgehead atoms. The number of hydrogen-bond donors (Lipinski definition) is 0. The van der Waals surface area contributed by atoms with Crippen molar-refractivity contribution in [2.45, 2.75) is 266 Å². The molecule has 0 aliphatic heterocycles. The monoisotopic (exact) mass is 579 g/mol. The predicted molar refractivity (Wildman–Crippen MR) is 204 cm³/mol. The van der Waals surface area contributed by atoms with Crippen LogP contribution < -0.4 is 0 Å². The third-order valence-electron chi connectivity index (χ3n) is 5.29. The van der Waals surface area contributed by atoms with E-state index in [0.717, 1.165) is 0 Å². The van der Waals surface area contributed by atoms with E-state index in [9.17, 15) is 0 Å². The van der Waals surface area contributed by atoms with E-state index in [1.807, 2.05) is 41.5 Å². The quantitative estimate of drug-likeness (QED) is 0.160. The first-order chi connectivity index (χ1) is 19.5. The number of unbranched alkanes of at least 4 members (excludes halogenated alkanes) is 16. The Labute approximate surface area is 265 Å². The molecule has 0 aliphatic rings. The molecule has 0 aliphatic carbocycles. The lowest BCUT2D eigenvalue weighted by Crippen LogP contribution is -1.70. The highest BCUT2D eigenvalue weighted by Crippen LogP contribution is 2.00. The highest BCUT2D eigenvalue weighted by molar-refractivity contribution is 4.36. The Hall–Kier alpha value is 0. The molecule has 0 rings (SSSR count). The van der Waals surface area contributed by atoms with Gasteiger partial charge < -0.3 is 0 Å². The summed E-state index contributed by atoms with van der Waals surface area (Å²) in [5.74, 6) is 0. The molecule has 40 heavy (non-hydrogen) atoms. The van der Waals surface area contributed by atoms with Gasteiger partial charge in [-0.15, -0.1) is 0 Å². The predicted octanol–water partition coefficient (Wildman–Crippen LogP) is 17.8. The fourth-order valence-corrected chi connectivity index (χ4v) is 2.56. The van der Waals surface area contributed by atoms with Gasteiger partial charge in [-0.1, -0.05) is 266 Å². The third-order valence-corrected chi connectivity index (χ3v) is 5.29. The molecule has 0 fully saturated rings. The van der Waals surface area contributed by atoms with Crippen LogP contribution in [-0.4, -0.2) is 0 Å². The lowest BCUT2D eigenvalue weighted by Gasteiger charge is -1.90. The van der Waals surface area contributed by atoms with Crippen LogP contribution in [0.5, 0.6) is 0 Å². The van der Waals surface area contributed by atoms with Crippen molar-refractivity contribution in [2.24, 2.45) is 0 Å². The van der Waals surface area contributed by atoms with Crippen molar-refractivity contribution in [2.75, 3.05) is 0 Å². The average molecular weight is 579 g/mol. The van der Waals surface area contributed by atoms with Crippen LogP contribution in [0.2, 0.25) is 0 Å². The Morgan fingerprint density at radius 3 is 0.350 bits per heavy atom. The summed E-state index contributed by atoms with van der Waals surface area (Å²) in [6, 6.07) is 0. The largest absolute Gasteiger partial charge is 0.0683 e. The minimum absolute atomic E-state index is 1.32. The molecule has 0 spiro atoms. The zero-order valence-corrected chi connectivity index (χ0v) is 33.6. The Morgan fingerprint density at radius 2 is 0.275 bits per heavy atom. The molecule has 0 heterocycles. The second kappa shape index (κ2) is 116. The average Bonchev–Trinajstić information content (AvgIpc) is 3.02. The Balaban J connectivity index is -0.0000000399. The van der Waals surface area contributed by atoms with E-state index in [2.05, 4.69) is 83.1 Å². The highest BCUT2D eigenvalue weighted by atomic mass is 13.9. The standard InChI is InChI=1S/2C7H16.C6H14.2C5H12.C4H10.3C2H6/c2*1-3-5-7-6-4-2;1-3-5-6-4-2;2*1-3-5-4-2;1-3-4-2;3*1-2/h2*3-7H2,1-2H3;3-6H2,1-2H3;2*3-5H2,1-2H3;3-4H2,1-2H3;3*1-2H3. The van der Waals surface area contributed by atoms with Gasteiger partial charge >= 0.3 is 0 Å². The molecule has 0 atom stereocenters. The molecule has 0 aromatic carbocycles.